The van der Waals surface area contributed by atoms with Gasteiger partial charge in [0.15, 0.2) is 22.8 Å². The van der Waals surface area contributed by atoms with Crippen molar-refractivity contribution in [2.24, 2.45) is 0 Å². The Morgan fingerprint density at radius 2 is 2.07 bits per heavy atom. The van der Waals surface area contributed by atoms with E-state index < -0.39 is 17.4 Å². The number of hydrazine groups is 1. The molecule has 0 saturated heterocycles. The number of carboxylic acid groups (broad SMARTS) is 1. The minimum Gasteiger partial charge on any atom is -0.479 e. The second kappa shape index (κ2) is 7.16. The van der Waals surface area contributed by atoms with Crippen LogP contribution >= 0.6 is 0 Å². The first-order valence-corrected chi connectivity index (χ1v) is 8.66. The number of fused-ring (bicyclic) bond motifs is 1. The summed E-state index contributed by atoms with van der Waals surface area (Å²) in [6.07, 6.45) is 5.73. The molecule has 0 spiro atoms. The van der Waals surface area contributed by atoms with Crippen LogP contribution in [0.25, 0.3) is 11.0 Å². The summed E-state index contributed by atoms with van der Waals surface area (Å²) in [7, 11) is 0. The van der Waals surface area contributed by atoms with Gasteiger partial charge in [-0.3, -0.25) is 20.6 Å². The molecule has 4 heterocycles. The molecular weight excluding hydrogens is 392 g/mol. The molecule has 0 aromatic carbocycles. The van der Waals surface area contributed by atoms with E-state index in [1.807, 2.05) is 0 Å². The summed E-state index contributed by atoms with van der Waals surface area (Å²) in [5.41, 5.74) is 9.82. The number of nitrogens with zero attached hydrogens (tertiary/aromatic N) is 5. The summed E-state index contributed by atoms with van der Waals surface area (Å²) in [6, 6.07) is 6.32. The molecule has 4 aromatic rings. The van der Waals surface area contributed by atoms with Crippen molar-refractivity contribution >= 4 is 34.7 Å². The van der Waals surface area contributed by atoms with E-state index in [4.69, 9.17) is 10.2 Å². The Kier molecular flexibility index (Phi) is 4.50. The molecule has 4 rings (SSSR count). The number of carbonyl (C=O) groups excluding carboxylic acids is 1. The first kappa shape index (κ1) is 18.9. The molecule has 0 aliphatic carbocycles. The minimum atomic E-state index is -1.62. The van der Waals surface area contributed by atoms with Gasteiger partial charge < -0.3 is 15.3 Å². The molecule has 1 unspecified atom stereocenters. The van der Waals surface area contributed by atoms with Gasteiger partial charge >= 0.3 is 11.9 Å². The Hall–Kier alpha value is -4.48. The number of hydrogen-bond acceptors (Lipinski definition) is 9. The average molecular weight is 408 g/mol. The molecule has 0 aliphatic heterocycles. The zero-order valence-corrected chi connectivity index (χ0v) is 15.6. The number of pyridine rings is 1. The van der Waals surface area contributed by atoms with Crippen molar-refractivity contribution < 1.29 is 19.1 Å². The van der Waals surface area contributed by atoms with Gasteiger partial charge in [0.1, 0.15) is 0 Å². The monoisotopic (exact) mass is 408 g/mol. The highest BCUT2D eigenvalue weighted by Crippen LogP contribution is 2.30. The van der Waals surface area contributed by atoms with Crippen LogP contribution in [0.5, 0.6) is 0 Å². The number of aromatic nitrogens is 5. The lowest BCUT2D eigenvalue weighted by atomic mass is 9.94. The lowest BCUT2D eigenvalue weighted by Crippen LogP contribution is -2.41. The molecule has 152 valence electrons. The van der Waals surface area contributed by atoms with Crippen LogP contribution in [0.4, 0.5) is 11.8 Å². The largest absolute Gasteiger partial charge is 0.479 e. The normalized spacial score (nSPS) is 13.0. The number of carboxylic acids is 1. The first-order chi connectivity index (χ1) is 14.4. The molecule has 1 atom stereocenters. The molecule has 5 N–H and O–H groups in total. The van der Waals surface area contributed by atoms with Gasteiger partial charge in [-0.25, -0.2) is 9.48 Å². The highest BCUT2D eigenvalue weighted by atomic mass is 16.4. The fourth-order valence-electron chi connectivity index (χ4n) is 2.92. The molecule has 30 heavy (non-hydrogen) atoms. The first-order valence-electron chi connectivity index (χ1n) is 8.66. The fourth-order valence-corrected chi connectivity index (χ4v) is 2.92. The smallest absolute Gasteiger partial charge is 0.336 e. The summed E-state index contributed by atoms with van der Waals surface area (Å²) in [5, 5.41) is 14.6. The molecule has 4 aromatic heterocycles. The van der Waals surface area contributed by atoms with Gasteiger partial charge in [0.05, 0.1) is 17.8 Å². The van der Waals surface area contributed by atoms with Crippen LogP contribution in [-0.2, 0) is 10.3 Å². The number of nitrogens with one attached hydrogen (secondary N) is 2. The van der Waals surface area contributed by atoms with Gasteiger partial charge in [-0.05, 0) is 25.1 Å². The summed E-state index contributed by atoms with van der Waals surface area (Å²) in [5.74, 6) is -1.62. The SMILES string of the molecule is CC(C(=O)O)(c1cccnc1)n1ncc2c(NNC(=O)c3ccco3)nc(N)nc21. The maximum atomic E-state index is 12.2. The summed E-state index contributed by atoms with van der Waals surface area (Å²) in [4.78, 5) is 36.6. The van der Waals surface area contributed by atoms with Crippen molar-refractivity contribution in [3.63, 3.8) is 0 Å². The van der Waals surface area contributed by atoms with Gasteiger partial charge in [-0.1, -0.05) is 6.07 Å². The van der Waals surface area contributed by atoms with Crippen molar-refractivity contribution in [3.8, 4) is 0 Å². The summed E-state index contributed by atoms with van der Waals surface area (Å²) < 4.78 is 6.24. The second-order valence-corrected chi connectivity index (χ2v) is 6.40. The van der Waals surface area contributed by atoms with Crippen LogP contribution in [0.1, 0.15) is 23.0 Å². The average Bonchev–Trinajstić information content (AvgIpc) is 3.42. The second-order valence-electron chi connectivity index (χ2n) is 6.40. The summed E-state index contributed by atoms with van der Waals surface area (Å²) in [6.45, 7) is 1.48. The Balaban J connectivity index is 1.76. The van der Waals surface area contributed by atoms with E-state index in [1.54, 1.807) is 18.2 Å². The Labute approximate surface area is 168 Å². The van der Waals surface area contributed by atoms with Gasteiger partial charge in [0.25, 0.3) is 0 Å². The highest BCUT2D eigenvalue weighted by molar-refractivity contribution is 5.94. The zero-order chi connectivity index (χ0) is 21.3. The third-order valence-electron chi connectivity index (χ3n) is 4.55. The van der Waals surface area contributed by atoms with E-state index in [0.29, 0.717) is 10.9 Å². The van der Waals surface area contributed by atoms with Crippen LogP contribution in [0, 0.1) is 0 Å². The molecule has 0 fully saturated rings. The quantitative estimate of drug-likeness (QED) is 0.337. The van der Waals surface area contributed by atoms with E-state index in [1.165, 1.54) is 42.5 Å². The summed E-state index contributed by atoms with van der Waals surface area (Å²) >= 11 is 0. The lowest BCUT2D eigenvalue weighted by molar-refractivity contribution is -0.144. The van der Waals surface area contributed by atoms with Crippen molar-refractivity contribution in [1.82, 2.24) is 30.2 Å². The molecule has 0 radical (unpaired) electrons. The molecule has 0 bridgehead atoms. The number of furan rings is 1. The molecule has 12 nitrogen and oxygen atoms in total. The van der Waals surface area contributed by atoms with Crippen molar-refractivity contribution in [1.29, 1.82) is 0 Å². The van der Waals surface area contributed by atoms with Crippen LogP contribution < -0.4 is 16.6 Å². The van der Waals surface area contributed by atoms with Gasteiger partial charge in [0, 0.05) is 18.0 Å². The van der Waals surface area contributed by atoms with Gasteiger partial charge in [0.2, 0.25) is 5.95 Å². The zero-order valence-electron chi connectivity index (χ0n) is 15.6. The van der Waals surface area contributed by atoms with Crippen molar-refractivity contribution in [3.05, 3.63) is 60.4 Å². The Bertz CT molecular complexity index is 1220. The van der Waals surface area contributed by atoms with Crippen LogP contribution in [0.3, 0.4) is 0 Å². The van der Waals surface area contributed by atoms with Crippen LogP contribution in [0.15, 0.2) is 53.5 Å². The number of carbonyl (C=O) groups is 2. The predicted octanol–water partition coefficient (Wildman–Crippen LogP) is 1.00. The van der Waals surface area contributed by atoms with E-state index in [9.17, 15) is 14.7 Å². The number of amides is 1. The maximum Gasteiger partial charge on any atom is 0.336 e. The predicted molar refractivity (Wildman–Crippen MR) is 104 cm³/mol. The Morgan fingerprint density at radius 1 is 1.23 bits per heavy atom. The topological polar surface area (TPSA) is 174 Å². The molecular formula is C18H16N8O4. The van der Waals surface area contributed by atoms with Crippen molar-refractivity contribution in [2.75, 3.05) is 11.2 Å². The standard InChI is InChI=1S/C18H16N8O4/c1-18(16(28)29,10-4-2-6-20-8-10)26-14-11(9-21-26)13(22-17(19)23-14)24-25-15(27)12-5-3-7-30-12/h2-9H,1H3,(H,25,27)(H,28,29)(H3,19,22,23,24). The minimum absolute atomic E-state index is 0.0893. The number of rotatable bonds is 6. The number of nitrogen functional groups attached to an aromatic ring is 1. The maximum absolute atomic E-state index is 12.2. The molecule has 0 saturated carbocycles. The van der Waals surface area contributed by atoms with E-state index in [-0.39, 0.29) is 23.2 Å². The number of anilines is 2. The fraction of sp³-hybridized carbons (Fsp3) is 0.111. The van der Waals surface area contributed by atoms with Crippen LogP contribution in [-0.4, -0.2) is 41.7 Å². The van der Waals surface area contributed by atoms with E-state index in [2.05, 4.69) is 30.9 Å². The van der Waals surface area contributed by atoms with Crippen molar-refractivity contribution in [2.45, 2.75) is 12.5 Å². The van der Waals surface area contributed by atoms with E-state index >= 15 is 0 Å². The number of nitrogens with two attached hydrogens (primary N) is 1. The van der Waals surface area contributed by atoms with Crippen LogP contribution in [0.2, 0.25) is 0 Å². The van der Waals surface area contributed by atoms with Gasteiger partial charge in [-0.15, -0.1) is 0 Å². The number of hydrogen-bond donors (Lipinski definition) is 4. The third-order valence-corrected chi connectivity index (χ3v) is 4.55. The molecule has 12 heteroatoms. The third kappa shape index (κ3) is 3.05. The molecule has 1 amide bonds. The molecule has 0 aliphatic rings. The van der Waals surface area contributed by atoms with Gasteiger partial charge in [-0.2, -0.15) is 15.1 Å². The van der Waals surface area contributed by atoms with E-state index in [0.717, 1.165) is 0 Å². The lowest BCUT2D eigenvalue weighted by Gasteiger charge is -2.26. The highest BCUT2D eigenvalue weighted by Gasteiger charge is 2.40. The Morgan fingerprint density at radius 3 is 2.73 bits per heavy atom. The number of aliphatic carboxylic acids is 1.